The molecule has 0 aliphatic carbocycles. The lowest BCUT2D eigenvalue weighted by molar-refractivity contribution is 1.11. The van der Waals surface area contributed by atoms with E-state index in [4.69, 9.17) is 11.5 Å². The number of nitrogens with two attached hydrogens (primary N) is 2. The Labute approximate surface area is 181 Å². The van der Waals surface area contributed by atoms with Crippen molar-refractivity contribution in [3.05, 3.63) is 130 Å². The maximum atomic E-state index is 6.63. The number of para-hydroxylation sites is 2. The van der Waals surface area contributed by atoms with Crippen molar-refractivity contribution in [2.75, 3.05) is 11.5 Å². The fourth-order valence-electron chi connectivity index (χ4n) is 3.92. The van der Waals surface area contributed by atoms with Crippen LogP contribution in [0.2, 0.25) is 0 Å². The lowest BCUT2D eigenvalue weighted by atomic mass is 9.93. The highest BCUT2D eigenvalue weighted by Crippen LogP contribution is 2.40. The van der Waals surface area contributed by atoms with Gasteiger partial charge in [0.25, 0.3) is 0 Å². The molecule has 0 radical (unpaired) electrons. The maximum absolute atomic E-state index is 6.63. The van der Waals surface area contributed by atoms with Gasteiger partial charge in [0, 0.05) is 17.0 Å². The molecule has 30 heavy (non-hydrogen) atoms. The second kappa shape index (κ2) is 9.15. The first-order valence-electron chi connectivity index (χ1n) is 10.2. The molecule has 1 atom stereocenters. The predicted molar refractivity (Wildman–Crippen MR) is 132 cm³/mol. The molecule has 0 amide bonds. The van der Waals surface area contributed by atoms with Gasteiger partial charge in [-0.1, -0.05) is 97.1 Å². The molecule has 1 unspecified atom stereocenters. The summed E-state index contributed by atoms with van der Waals surface area (Å²) in [6.45, 7) is 0. The van der Waals surface area contributed by atoms with Crippen LogP contribution < -0.4 is 11.5 Å². The van der Waals surface area contributed by atoms with Crippen LogP contribution in [0.1, 0.15) is 39.0 Å². The van der Waals surface area contributed by atoms with E-state index in [2.05, 4.69) is 94.2 Å². The van der Waals surface area contributed by atoms with Gasteiger partial charge in [-0.2, -0.15) is 0 Å². The molecule has 2 nitrogen and oxygen atoms in total. The van der Waals surface area contributed by atoms with Gasteiger partial charge in [0.15, 0.2) is 0 Å². The summed E-state index contributed by atoms with van der Waals surface area (Å²) in [5.41, 5.74) is 22.0. The molecule has 3 heteroatoms. The SMILES string of the molecule is Nc1c(Cc2ccccc2)cccc1C(P)c1cccc(Cc2ccccc2)c1N. The van der Waals surface area contributed by atoms with E-state index in [0.29, 0.717) is 0 Å². The summed E-state index contributed by atoms with van der Waals surface area (Å²) in [4.78, 5) is 0. The molecular weight excluding hydrogens is 383 g/mol. The summed E-state index contributed by atoms with van der Waals surface area (Å²) < 4.78 is 0. The standard InChI is InChI=1S/C27H27N2P/c28-25-21(17-19-9-3-1-4-10-19)13-7-15-23(25)27(30)24-16-8-14-22(26(24)29)18-20-11-5-2-6-12-20/h1-16,27H,17-18,28-30H2. The molecule has 0 heterocycles. The van der Waals surface area contributed by atoms with Crippen LogP contribution in [-0.4, -0.2) is 0 Å². The van der Waals surface area contributed by atoms with Gasteiger partial charge < -0.3 is 11.5 Å². The monoisotopic (exact) mass is 410 g/mol. The van der Waals surface area contributed by atoms with Crippen LogP contribution in [0.25, 0.3) is 0 Å². The minimum absolute atomic E-state index is 0.0384. The van der Waals surface area contributed by atoms with E-state index >= 15 is 0 Å². The van der Waals surface area contributed by atoms with Gasteiger partial charge in [-0.15, -0.1) is 9.24 Å². The minimum Gasteiger partial charge on any atom is -0.398 e. The van der Waals surface area contributed by atoms with Crippen molar-refractivity contribution in [1.29, 1.82) is 0 Å². The van der Waals surface area contributed by atoms with Gasteiger partial charge >= 0.3 is 0 Å². The zero-order valence-corrected chi connectivity index (χ0v) is 18.1. The Morgan fingerprint density at radius 1 is 0.533 bits per heavy atom. The van der Waals surface area contributed by atoms with Gasteiger partial charge in [-0.3, -0.25) is 0 Å². The predicted octanol–water partition coefficient (Wildman–Crippen LogP) is 6.00. The van der Waals surface area contributed by atoms with Crippen LogP contribution in [-0.2, 0) is 12.8 Å². The first-order chi connectivity index (χ1) is 14.6. The first kappa shape index (κ1) is 20.2. The Bertz CT molecular complexity index is 1030. The van der Waals surface area contributed by atoms with Gasteiger partial charge in [-0.05, 0) is 46.2 Å². The fourth-order valence-corrected chi connectivity index (χ4v) is 4.50. The summed E-state index contributed by atoms with van der Waals surface area (Å²) >= 11 is 0. The number of benzene rings is 4. The van der Waals surface area contributed by atoms with E-state index < -0.39 is 0 Å². The highest BCUT2D eigenvalue weighted by Gasteiger charge is 2.18. The molecule has 0 saturated heterocycles. The maximum Gasteiger partial charge on any atom is 0.0392 e. The van der Waals surface area contributed by atoms with Crippen molar-refractivity contribution in [2.24, 2.45) is 0 Å². The number of hydrogen-bond donors (Lipinski definition) is 2. The molecule has 0 saturated carbocycles. The third kappa shape index (κ3) is 4.40. The van der Waals surface area contributed by atoms with Crippen LogP contribution in [0, 0.1) is 0 Å². The molecule has 150 valence electrons. The average molecular weight is 411 g/mol. The Morgan fingerprint density at radius 2 is 0.933 bits per heavy atom. The molecule has 0 bridgehead atoms. The second-order valence-corrected chi connectivity index (χ2v) is 8.31. The normalized spacial score (nSPS) is 11.0. The van der Waals surface area contributed by atoms with E-state index in [1.165, 1.54) is 11.1 Å². The third-order valence-electron chi connectivity index (χ3n) is 5.61. The zero-order valence-electron chi connectivity index (χ0n) is 17.0. The lowest BCUT2D eigenvalue weighted by Crippen LogP contribution is -2.07. The third-order valence-corrected chi connectivity index (χ3v) is 6.32. The lowest BCUT2D eigenvalue weighted by Gasteiger charge is -2.20. The van der Waals surface area contributed by atoms with Gasteiger partial charge in [0.05, 0.1) is 0 Å². The summed E-state index contributed by atoms with van der Waals surface area (Å²) in [6, 6.07) is 33.5. The molecule has 4 aromatic rings. The van der Waals surface area contributed by atoms with Crippen molar-refractivity contribution in [1.82, 2.24) is 0 Å². The largest absolute Gasteiger partial charge is 0.398 e. The summed E-state index contributed by atoms with van der Waals surface area (Å²) in [7, 11) is 2.94. The topological polar surface area (TPSA) is 52.0 Å². The quantitative estimate of drug-likeness (QED) is 0.303. The molecule has 0 spiro atoms. The first-order valence-corrected chi connectivity index (χ1v) is 10.9. The van der Waals surface area contributed by atoms with Crippen molar-refractivity contribution in [3.63, 3.8) is 0 Å². The van der Waals surface area contributed by atoms with Crippen molar-refractivity contribution in [2.45, 2.75) is 18.5 Å². The molecule has 4 aromatic carbocycles. The van der Waals surface area contributed by atoms with E-state index in [0.717, 1.165) is 46.5 Å². The Morgan fingerprint density at radius 3 is 1.33 bits per heavy atom. The molecule has 4 N–H and O–H groups in total. The van der Waals surface area contributed by atoms with Crippen molar-refractivity contribution in [3.8, 4) is 0 Å². The number of nitrogen functional groups attached to an aromatic ring is 2. The van der Waals surface area contributed by atoms with E-state index in [1.54, 1.807) is 0 Å². The van der Waals surface area contributed by atoms with Crippen molar-refractivity contribution >= 4 is 20.6 Å². The molecule has 0 aliphatic heterocycles. The fraction of sp³-hybridized carbons (Fsp3) is 0.111. The second-order valence-electron chi connectivity index (χ2n) is 7.64. The van der Waals surface area contributed by atoms with Crippen LogP contribution in [0.5, 0.6) is 0 Å². The Hall–Kier alpha value is -3.09. The van der Waals surface area contributed by atoms with E-state index in [-0.39, 0.29) is 5.66 Å². The molecule has 4 rings (SSSR count). The van der Waals surface area contributed by atoms with Crippen LogP contribution in [0.3, 0.4) is 0 Å². The van der Waals surface area contributed by atoms with Crippen molar-refractivity contribution < 1.29 is 0 Å². The van der Waals surface area contributed by atoms with E-state index in [1.807, 2.05) is 12.1 Å². The summed E-state index contributed by atoms with van der Waals surface area (Å²) in [6.07, 6.45) is 1.64. The van der Waals surface area contributed by atoms with Crippen LogP contribution >= 0.6 is 9.24 Å². The minimum atomic E-state index is 0.0384. The average Bonchev–Trinajstić information content (AvgIpc) is 2.78. The molecular formula is C27H27N2P. The summed E-state index contributed by atoms with van der Waals surface area (Å²) in [5.74, 6) is 0. The molecule has 0 aromatic heterocycles. The highest BCUT2D eigenvalue weighted by atomic mass is 31.0. The molecule has 0 aliphatic rings. The Balaban J connectivity index is 1.64. The smallest absolute Gasteiger partial charge is 0.0392 e. The number of anilines is 2. The van der Waals surface area contributed by atoms with Gasteiger partial charge in [0.1, 0.15) is 0 Å². The highest BCUT2D eigenvalue weighted by molar-refractivity contribution is 7.17. The van der Waals surface area contributed by atoms with Crippen LogP contribution in [0.4, 0.5) is 11.4 Å². The summed E-state index contributed by atoms with van der Waals surface area (Å²) in [5, 5.41) is 0. The van der Waals surface area contributed by atoms with E-state index in [9.17, 15) is 0 Å². The van der Waals surface area contributed by atoms with Gasteiger partial charge in [-0.25, -0.2) is 0 Å². The molecule has 0 fully saturated rings. The Kier molecular flexibility index (Phi) is 6.16. The number of rotatable bonds is 6. The van der Waals surface area contributed by atoms with Gasteiger partial charge in [0.2, 0.25) is 0 Å². The zero-order chi connectivity index (χ0) is 20.9. The number of hydrogen-bond acceptors (Lipinski definition) is 2. The van der Waals surface area contributed by atoms with Crippen LogP contribution in [0.15, 0.2) is 97.1 Å².